The van der Waals surface area contributed by atoms with Gasteiger partial charge in [0.1, 0.15) is 5.75 Å². The number of fused-ring (bicyclic) bond motifs is 1. The Morgan fingerprint density at radius 2 is 1.79 bits per heavy atom. The third-order valence-electron chi connectivity index (χ3n) is 4.47. The Bertz CT molecular complexity index is 972. The van der Waals surface area contributed by atoms with Crippen LogP contribution >= 0.6 is 0 Å². The number of alkyl halides is 2. The molecular formula is C22H22F2N2O2. The zero-order valence-corrected chi connectivity index (χ0v) is 16.0. The molecule has 1 aromatic heterocycles. The topological polar surface area (TPSA) is 42.4 Å². The zero-order valence-electron chi connectivity index (χ0n) is 16.0. The van der Waals surface area contributed by atoms with Crippen molar-refractivity contribution >= 4 is 16.8 Å². The van der Waals surface area contributed by atoms with E-state index in [9.17, 15) is 13.6 Å². The third-order valence-corrected chi connectivity index (χ3v) is 4.47. The highest BCUT2D eigenvalue weighted by Crippen LogP contribution is 2.24. The standard InChI is InChI=1S/C22H22F2N2O2/c1-14(2)20-12-18(17-6-4-5-7-19(17)25-20)21(27)26(3)13-15-8-10-16(11-9-15)28-22(23)24/h4-12,14,22H,13H2,1-3H3. The van der Waals surface area contributed by atoms with Gasteiger partial charge in [0.05, 0.1) is 11.1 Å². The Morgan fingerprint density at radius 1 is 1.11 bits per heavy atom. The number of halogens is 2. The summed E-state index contributed by atoms with van der Waals surface area (Å²) in [5, 5.41) is 0.810. The van der Waals surface area contributed by atoms with Crippen LogP contribution < -0.4 is 4.74 Å². The maximum Gasteiger partial charge on any atom is 0.387 e. The number of carbonyl (C=O) groups is 1. The molecule has 0 unspecified atom stereocenters. The van der Waals surface area contributed by atoms with Gasteiger partial charge in [-0.25, -0.2) is 0 Å². The largest absolute Gasteiger partial charge is 0.435 e. The van der Waals surface area contributed by atoms with Gasteiger partial charge in [-0.15, -0.1) is 0 Å². The van der Waals surface area contributed by atoms with Crippen molar-refractivity contribution in [3.63, 3.8) is 0 Å². The Morgan fingerprint density at radius 3 is 2.43 bits per heavy atom. The van der Waals surface area contributed by atoms with Crippen molar-refractivity contribution < 1.29 is 18.3 Å². The van der Waals surface area contributed by atoms with Crippen LogP contribution in [0.1, 0.15) is 41.4 Å². The fourth-order valence-electron chi connectivity index (χ4n) is 3.00. The van der Waals surface area contributed by atoms with Crippen LogP contribution in [0.2, 0.25) is 0 Å². The first kappa shape index (κ1) is 19.7. The second-order valence-corrected chi connectivity index (χ2v) is 6.95. The van der Waals surface area contributed by atoms with Crippen molar-refractivity contribution in [1.29, 1.82) is 0 Å². The van der Waals surface area contributed by atoms with Crippen molar-refractivity contribution in [2.45, 2.75) is 32.9 Å². The first-order chi connectivity index (χ1) is 13.3. The molecule has 0 saturated carbocycles. The van der Waals surface area contributed by atoms with Gasteiger partial charge >= 0.3 is 6.61 Å². The number of hydrogen-bond donors (Lipinski definition) is 0. The predicted octanol–water partition coefficient (Wildman–Crippen LogP) is 5.23. The normalized spacial score (nSPS) is 11.2. The summed E-state index contributed by atoms with van der Waals surface area (Å²) < 4.78 is 28.9. The lowest BCUT2D eigenvalue weighted by Crippen LogP contribution is -2.26. The molecule has 0 fully saturated rings. The summed E-state index contributed by atoms with van der Waals surface area (Å²) in [7, 11) is 1.72. The minimum Gasteiger partial charge on any atom is -0.435 e. The van der Waals surface area contributed by atoms with E-state index in [-0.39, 0.29) is 17.6 Å². The van der Waals surface area contributed by atoms with Gasteiger partial charge in [0.15, 0.2) is 0 Å². The fraction of sp³-hybridized carbons (Fsp3) is 0.273. The molecule has 0 bridgehead atoms. The van der Waals surface area contributed by atoms with E-state index in [1.807, 2.05) is 44.2 Å². The van der Waals surface area contributed by atoms with E-state index in [0.29, 0.717) is 12.1 Å². The molecule has 0 aliphatic carbocycles. The maximum atomic E-state index is 13.1. The van der Waals surface area contributed by atoms with Crippen LogP contribution in [0.3, 0.4) is 0 Å². The molecular weight excluding hydrogens is 362 g/mol. The number of hydrogen-bond acceptors (Lipinski definition) is 3. The number of aromatic nitrogens is 1. The van der Waals surface area contributed by atoms with Gasteiger partial charge in [-0.3, -0.25) is 9.78 Å². The molecule has 0 aliphatic heterocycles. The number of carbonyl (C=O) groups excluding carboxylic acids is 1. The highest BCUT2D eigenvalue weighted by Gasteiger charge is 2.18. The molecule has 0 N–H and O–H groups in total. The van der Waals surface area contributed by atoms with Gasteiger partial charge in [-0.05, 0) is 35.7 Å². The van der Waals surface area contributed by atoms with Crippen molar-refractivity contribution in [3.8, 4) is 5.75 Å². The monoisotopic (exact) mass is 384 g/mol. The van der Waals surface area contributed by atoms with Crippen LogP contribution in [0.15, 0.2) is 54.6 Å². The van der Waals surface area contributed by atoms with Gasteiger partial charge in [0.25, 0.3) is 5.91 Å². The van der Waals surface area contributed by atoms with E-state index in [4.69, 9.17) is 0 Å². The first-order valence-electron chi connectivity index (χ1n) is 9.04. The molecule has 0 spiro atoms. The number of pyridine rings is 1. The number of rotatable bonds is 6. The van der Waals surface area contributed by atoms with Crippen LogP contribution in [-0.2, 0) is 6.54 Å². The van der Waals surface area contributed by atoms with Gasteiger partial charge in [0.2, 0.25) is 0 Å². The summed E-state index contributed by atoms with van der Waals surface area (Å²) in [5.41, 5.74) is 3.08. The van der Waals surface area contributed by atoms with Gasteiger partial charge < -0.3 is 9.64 Å². The van der Waals surface area contributed by atoms with E-state index >= 15 is 0 Å². The summed E-state index contributed by atoms with van der Waals surface area (Å²) in [5.74, 6) is 0.173. The average Bonchev–Trinajstić information content (AvgIpc) is 2.67. The van der Waals surface area contributed by atoms with Gasteiger partial charge in [-0.1, -0.05) is 44.2 Å². The number of para-hydroxylation sites is 1. The fourth-order valence-corrected chi connectivity index (χ4v) is 3.00. The molecule has 146 valence electrons. The number of amides is 1. The Kier molecular flexibility index (Phi) is 5.87. The lowest BCUT2D eigenvalue weighted by Gasteiger charge is -2.19. The predicted molar refractivity (Wildman–Crippen MR) is 105 cm³/mol. The van der Waals surface area contributed by atoms with E-state index in [1.165, 1.54) is 12.1 Å². The van der Waals surface area contributed by atoms with Crippen molar-refractivity contribution in [3.05, 3.63) is 71.4 Å². The van der Waals surface area contributed by atoms with Crippen molar-refractivity contribution in [1.82, 2.24) is 9.88 Å². The molecule has 3 aromatic rings. The molecule has 3 rings (SSSR count). The van der Waals surface area contributed by atoms with Crippen LogP contribution in [0.5, 0.6) is 5.75 Å². The van der Waals surface area contributed by atoms with Crippen LogP contribution in [-0.4, -0.2) is 29.5 Å². The minimum atomic E-state index is -2.86. The molecule has 0 saturated heterocycles. The van der Waals surface area contributed by atoms with E-state index in [1.54, 1.807) is 24.1 Å². The van der Waals surface area contributed by atoms with E-state index in [0.717, 1.165) is 22.2 Å². The summed E-state index contributed by atoms with van der Waals surface area (Å²) in [6.45, 7) is 1.57. The summed E-state index contributed by atoms with van der Waals surface area (Å²) in [6.07, 6.45) is 0. The van der Waals surface area contributed by atoms with Crippen molar-refractivity contribution in [2.75, 3.05) is 7.05 Å². The second kappa shape index (κ2) is 8.33. The van der Waals surface area contributed by atoms with Gasteiger partial charge in [0, 0.05) is 24.7 Å². The smallest absolute Gasteiger partial charge is 0.387 e. The van der Waals surface area contributed by atoms with Crippen LogP contribution in [0, 0.1) is 0 Å². The molecule has 0 atom stereocenters. The highest BCUT2D eigenvalue weighted by molar-refractivity contribution is 6.06. The molecule has 2 aromatic carbocycles. The molecule has 1 heterocycles. The van der Waals surface area contributed by atoms with Gasteiger partial charge in [-0.2, -0.15) is 8.78 Å². The highest BCUT2D eigenvalue weighted by atomic mass is 19.3. The molecule has 0 radical (unpaired) electrons. The second-order valence-electron chi connectivity index (χ2n) is 6.95. The number of benzene rings is 2. The molecule has 28 heavy (non-hydrogen) atoms. The Labute approximate surface area is 162 Å². The average molecular weight is 384 g/mol. The number of ether oxygens (including phenoxy) is 1. The Hall–Kier alpha value is -3.02. The number of nitrogens with zero attached hydrogens (tertiary/aromatic N) is 2. The quantitative estimate of drug-likeness (QED) is 0.584. The minimum absolute atomic E-state index is 0.0921. The lowest BCUT2D eigenvalue weighted by molar-refractivity contribution is -0.0498. The van der Waals surface area contributed by atoms with Crippen LogP contribution in [0.4, 0.5) is 8.78 Å². The first-order valence-corrected chi connectivity index (χ1v) is 9.04. The summed E-state index contributed by atoms with van der Waals surface area (Å²) >= 11 is 0. The summed E-state index contributed by atoms with van der Waals surface area (Å²) in [6, 6.07) is 15.7. The van der Waals surface area contributed by atoms with E-state index < -0.39 is 6.61 Å². The molecule has 0 aliphatic rings. The third kappa shape index (κ3) is 4.44. The molecule has 6 heteroatoms. The zero-order chi connectivity index (χ0) is 20.3. The maximum absolute atomic E-state index is 13.1. The summed E-state index contributed by atoms with van der Waals surface area (Å²) in [4.78, 5) is 19.4. The van der Waals surface area contributed by atoms with E-state index in [2.05, 4.69) is 9.72 Å². The lowest BCUT2D eigenvalue weighted by atomic mass is 10.0. The molecule has 1 amide bonds. The molecule has 4 nitrogen and oxygen atoms in total. The Balaban J connectivity index is 1.85. The van der Waals surface area contributed by atoms with Crippen LogP contribution in [0.25, 0.3) is 10.9 Å². The SMILES string of the molecule is CC(C)c1cc(C(=O)N(C)Cc2ccc(OC(F)F)cc2)c2ccccc2n1. The van der Waals surface area contributed by atoms with Crippen molar-refractivity contribution in [2.24, 2.45) is 0 Å².